The van der Waals surface area contributed by atoms with E-state index >= 15 is 0 Å². The van der Waals surface area contributed by atoms with Gasteiger partial charge in [-0.05, 0) is 24.6 Å². The normalized spacial score (nSPS) is 18.4. The molecule has 102 valence electrons. The van der Waals surface area contributed by atoms with Gasteiger partial charge in [0.15, 0.2) is 0 Å². The van der Waals surface area contributed by atoms with Crippen molar-refractivity contribution in [2.24, 2.45) is 0 Å². The van der Waals surface area contributed by atoms with E-state index in [0.29, 0.717) is 19.5 Å². The van der Waals surface area contributed by atoms with Crippen molar-refractivity contribution < 1.29 is 19.1 Å². The fourth-order valence-corrected chi connectivity index (χ4v) is 1.97. The van der Waals surface area contributed by atoms with Gasteiger partial charge in [0.1, 0.15) is 5.82 Å². The van der Waals surface area contributed by atoms with Gasteiger partial charge in [-0.2, -0.15) is 0 Å². The molecule has 1 aliphatic heterocycles. The fraction of sp³-hybridized carbons (Fsp3) is 0.385. The van der Waals surface area contributed by atoms with Gasteiger partial charge in [0.05, 0.1) is 12.6 Å². The predicted molar refractivity (Wildman–Crippen MR) is 65.9 cm³/mol. The summed E-state index contributed by atoms with van der Waals surface area (Å²) in [6.07, 6.45) is 0.0757. The highest BCUT2D eigenvalue weighted by atomic mass is 19.1. The average Bonchev–Trinajstić information content (AvgIpc) is 2.82. The summed E-state index contributed by atoms with van der Waals surface area (Å²) in [6, 6.07) is 5.26. The molecule has 0 aliphatic carbocycles. The molecule has 2 N–H and O–H groups in total. The van der Waals surface area contributed by atoms with Gasteiger partial charge in [-0.1, -0.05) is 6.07 Å². The number of aliphatic hydroxyl groups excluding tert-OH is 1. The van der Waals surface area contributed by atoms with Crippen LogP contribution in [0.3, 0.4) is 0 Å². The molecule has 0 unspecified atom stereocenters. The molecule has 6 heteroatoms. The molecule has 19 heavy (non-hydrogen) atoms. The lowest BCUT2D eigenvalue weighted by Gasteiger charge is -2.15. The standard InChI is InChI=1S/C13H15FN2O3/c14-10-3-1-2-9(6-10)13(19)15-7-12(18)16-5-4-11(17)8-16/h1-3,6,11,17H,4-5,7-8H2,(H,15,19)/t11-/m0/s1. The van der Waals surface area contributed by atoms with Crippen molar-refractivity contribution in [2.75, 3.05) is 19.6 Å². The van der Waals surface area contributed by atoms with E-state index in [4.69, 9.17) is 0 Å². The Labute approximate surface area is 110 Å². The second-order valence-electron chi connectivity index (χ2n) is 4.48. The highest BCUT2D eigenvalue weighted by molar-refractivity contribution is 5.96. The van der Waals surface area contributed by atoms with Gasteiger partial charge in [-0.25, -0.2) is 4.39 Å². The fourth-order valence-electron chi connectivity index (χ4n) is 1.97. The lowest BCUT2D eigenvalue weighted by atomic mass is 10.2. The molecule has 1 aliphatic rings. The maximum absolute atomic E-state index is 12.9. The second-order valence-corrected chi connectivity index (χ2v) is 4.48. The van der Waals surface area contributed by atoms with Crippen LogP contribution in [0.1, 0.15) is 16.8 Å². The topological polar surface area (TPSA) is 69.6 Å². The third kappa shape index (κ3) is 3.51. The monoisotopic (exact) mass is 266 g/mol. The van der Waals surface area contributed by atoms with Gasteiger partial charge in [0, 0.05) is 18.7 Å². The van der Waals surface area contributed by atoms with Gasteiger partial charge >= 0.3 is 0 Å². The lowest BCUT2D eigenvalue weighted by Crippen LogP contribution is -2.39. The van der Waals surface area contributed by atoms with E-state index in [1.165, 1.54) is 23.1 Å². The zero-order valence-corrected chi connectivity index (χ0v) is 10.3. The largest absolute Gasteiger partial charge is 0.391 e. The van der Waals surface area contributed by atoms with Crippen LogP contribution in [0.5, 0.6) is 0 Å². The number of aliphatic hydroxyl groups is 1. The van der Waals surface area contributed by atoms with E-state index in [0.717, 1.165) is 6.07 Å². The molecular weight excluding hydrogens is 251 g/mol. The summed E-state index contributed by atoms with van der Waals surface area (Å²) in [5, 5.41) is 11.8. The van der Waals surface area contributed by atoms with Crippen LogP contribution in [0.4, 0.5) is 4.39 Å². The highest BCUT2D eigenvalue weighted by Gasteiger charge is 2.24. The number of hydrogen-bond donors (Lipinski definition) is 2. The van der Waals surface area contributed by atoms with Crippen molar-refractivity contribution in [3.63, 3.8) is 0 Å². The van der Waals surface area contributed by atoms with Gasteiger partial charge in [-0.3, -0.25) is 9.59 Å². The Morgan fingerprint density at radius 1 is 1.47 bits per heavy atom. The summed E-state index contributed by atoms with van der Waals surface area (Å²) in [4.78, 5) is 24.9. The number of benzene rings is 1. The molecule has 1 heterocycles. The van der Waals surface area contributed by atoms with Crippen LogP contribution in [-0.4, -0.2) is 47.6 Å². The van der Waals surface area contributed by atoms with E-state index in [-0.39, 0.29) is 18.0 Å². The van der Waals surface area contributed by atoms with Crippen molar-refractivity contribution >= 4 is 11.8 Å². The van der Waals surface area contributed by atoms with Crippen LogP contribution in [0.15, 0.2) is 24.3 Å². The van der Waals surface area contributed by atoms with Gasteiger partial charge < -0.3 is 15.3 Å². The van der Waals surface area contributed by atoms with Crippen molar-refractivity contribution in [3.05, 3.63) is 35.6 Å². The third-order valence-electron chi connectivity index (χ3n) is 3.00. The summed E-state index contributed by atoms with van der Waals surface area (Å²) in [5.41, 5.74) is 0.175. The molecule has 1 aromatic rings. The molecular formula is C13H15FN2O3. The first-order valence-electron chi connectivity index (χ1n) is 6.06. The first kappa shape index (κ1) is 13.5. The zero-order chi connectivity index (χ0) is 13.8. The number of likely N-dealkylation sites (tertiary alicyclic amines) is 1. The van der Waals surface area contributed by atoms with Crippen LogP contribution < -0.4 is 5.32 Å². The first-order valence-corrected chi connectivity index (χ1v) is 6.06. The van der Waals surface area contributed by atoms with Crippen LogP contribution in [0.25, 0.3) is 0 Å². The summed E-state index contributed by atoms with van der Waals surface area (Å²) >= 11 is 0. The lowest BCUT2D eigenvalue weighted by molar-refractivity contribution is -0.129. The molecule has 0 aromatic heterocycles. The Morgan fingerprint density at radius 3 is 2.89 bits per heavy atom. The van der Waals surface area contributed by atoms with Crippen molar-refractivity contribution in [1.82, 2.24) is 10.2 Å². The number of β-amino-alcohol motifs (C(OH)–C–C–N with tert-alkyl or cyclic N) is 1. The summed E-state index contributed by atoms with van der Waals surface area (Å²) in [5.74, 6) is -1.24. The molecule has 0 saturated carbocycles. The number of amides is 2. The van der Waals surface area contributed by atoms with E-state index in [1.807, 2.05) is 0 Å². The number of halogens is 1. The second kappa shape index (κ2) is 5.79. The minimum Gasteiger partial charge on any atom is -0.391 e. The average molecular weight is 266 g/mol. The van der Waals surface area contributed by atoms with E-state index in [9.17, 15) is 19.1 Å². The number of nitrogens with zero attached hydrogens (tertiary/aromatic N) is 1. The van der Waals surface area contributed by atoms with Crippen LogP contribution >= 0.6 is 0 Å². The van der Waals surface area contributed by atoms with Crippen molar-refractivity contribution in [3.8, 4) is 0 Å². The Hall–Kier alpha value is -1.95. The molecule has 2 amide bonds. The maximum atomic E-state index is 12.9. The van der Waals surface area contributed by atoms with Crippen molar-refractivity contribution in [2.45, 2.75) is 12.5 Å². The molecule has 0 bridgehead atoms. The number of carbonyl (C=O) groups is 2. The Bertz CT molecular complexity index is 493. The van der Waals surface area contributed by atoms with Crippen LogP contribution in [0, 0.1) is 5.82 Å². The molecule has 1 saturated heterocycles. The number of nitrogens with one attached hydrogen (secondary N) is 1. The molecule has 1 atom stereocenters. The third-order valence-corrected chi connectivity index (χ3v) is 3.00. The Kier molecular flexibility index (Phi) is 4.11. The van der Waals surface area contributed by atoms with Gasteiger partial charge in [0.2, 0.25) is 5.91 Å². The molecule has 5 nitrogen and oxygen atoms in total. The quantitative estimate of drug-likeness (QED) is 0.818. The molecule has 1 fully saturated rings. The Balaban J connectivity index is 1.85. The van der Waals surface area contributed by atoms with Gasteiger partial charge in [-0.15, -0.1) is 0 Å². The minimum atomic E-state index is -0.498. The van der Waals surface area contributed by atoms with E-state index in [2.05, 4.69) is 5.32 Å². The van der Waals surface area contributed by atoms with Crippen LogP contribution in [0.2, 0.25) is 0 Å². The Morgan fingerprint density at radius 2 is 2.26 bits per heavy atom. The number of hydrogen-bond acceptors (Lipinski definition) is 3. The van der Waals surface area contributed by atoms with Crippen molar-refractivity contribution in [1.29, 1.82) is 0 Å². The van der Waals surface area contributed by atoms with Gasteiger partial charge in [0.25, 0.3) is 5.91 Å². The number of carbonyl (C=O) groups excluding carboxylic acids is 2. The predicted octanol–water partition coefficient (Wildman–Crippen LogP) is 0.149. The van der Waals surface area contributed by atoms with E-state index < -0.39 is 17.8 Å². The molecule has 1 aromatic carbocycles. The summed E-state index contributed by atoms with van der Waals surface area (Å²) < 4.78 is 12.9. The zero-order valence-electron chi connectivity index (χ0n) is 10.3. The number of rotatable bonds is 3. The molecule has 2 rings (SSSR count). The SMILES string of the molecule is O=C(NCC(=O)N1CC[C@H](O)C1)c1cccc(F)c1. The van der Waals surface area contributed by atoms with Crippen LogP contribution in [-0.2, 0) is 4.79 Å². The first-order chi connectivity index (χ1) is 9.06. The summed E-state index contributed by atoms with van der Waals surface area (Å²) in [6.45, 7) is 0.645. The highest BCUT2D eigenvalue weighted by Crippen LogP contribution is 2.08. The molecule has 0 radical (unpaired) electrons. The summed E-state index contributed by atoms with van der Waals surface area (Å²) in [7, 11) is 0. The van der Waals surface area contributed by atoms with E-state index in [1.54, 1.807) is 0 Å². The minimum absolute atomic E-state index is 0.151. The maximum Gasteiger partial charge on any atom is 0.251 e. The smallest absolute Gasteiger partial charge is 0.251 e. The molecule has 0 spiro atoms.